The third kappa shape index (κ3) is 3.77. The molecule has 0 spiro atoms. The minimum Gasteiger partial charge on any atom is -0.481 e. The Balaban J connectivity index is 2.21. The van der Waals surface area contributed by atoms with E-state index >= 15 is 0 Å². The lowest BCUT2D eigenvalue weighted by atomic mass is 10.00. The SMILES string of the molecule is CCC1CCCC(CCC(=O)O)O1. The van der Waals surface area contributed by atoms with Gasteiger partial charge < -0.3 is 9.84 Å². The van der Waals surface area contributed by atoms with Crippen molar-refractivity contribution in [3.63, 3.8) is 0 Å². The normalized spacial score (nSPS) is 28.7. The van der Waals surface area contributed by atoms with Gasteiger partial charge in [-0.3, -0.25) is 4.79 Å². The molecule has 2 atom stereocenters. The van der Waals surface area contributed by atoms with Crippen LogP contribution in [0.5, 0.6) is 0 Å². The number of carboxylic acids is 1. The zero-order chi connectivity index (χ0) is 9.68. The van der Waals surface area contributed by atoms with Crippen LogP contribution < -0.4 is 0 Å². The zero-order valence-corrected chi connectivity index (χ0v) is 8.16. The first-order chi connectivity index (χ1) is 6.22. The number of carbonyl (C=O) groups is 1. The van der Waals surface area contributed by atoms with Crippen molar-refractivity contribution >= 4 is 5.97 Å². The molecule has 1 rings (SSSR count). The topological polar surface area (TPSA) is 46.5 Å². The van der Waals surface area contributed by atoms with Crippen LogP contribution in [0.15, 0.2) is 0 Å². The summed E-state index contributed by atoms with van der Waals surface area (Å²) in [6, 6.07) is 0. The maximum absolute atomic E-state index is 10.3. The molecule has 0 aromatic heterocycles. The van der Waals surface area contributed by atoms with Crippen molar-refractivity contribution < 1.29 is 14.6 Å². The van der Waals surface area contributed by atoms with Crippen molar-refractivity contribution in [2.45, 2.75) is 57.7 Å². The van der Waals surface area contributed by atoms with E-state index in [-0.39, 0.29) is 12.5 Å². The van der Waals surface area contributed by atoms with Gasteiger partial charge in [0.05, 0.1) is 12.2 Å². The van der Waals surface area contributed by atoms with Gasteiger partial charge in [-0.25, -0.2) is 0 Å². The van der Waals surface area contributed by atoms with Crippen LogP contribution in [0.3, 0.4) is 0 Å². The van der Waals surface area contributed by atoms with Crippen LogP contribution in [-0.4, -0.2) is 23.3 Å². The second-order valence-corrected chi connectivity index (χ2v) is 3.65. The highest BCUT2D eigenvalue weighted by atomic mass is 16.5. The average Bonchev–Trinajstić information content (AvgIpc) is 2.15. The van der Waals surface area contributed by atoms with Crippen molar-refractivity contribution in [2.75, 3.05) is 0 Å². The smallest absolute Gasteiger partial charge is 0.303 e. The summed E-state index contributed by atoms with van der Waals surface area (Å²) in [5, 5.41) is 8.51. The van der Waals surface area contributed by atoms with Crippen LogP contribution in [0, 0.1) is 0 Å². The van der Waals surface area contributed by atoms with Crippen LogP contribution in [0.1, 0.15) is 45.4 Å². The molecule has 0 saturated carbocycles. The first kappa shape index (κ1) is 10.5. The second kappa shape index (κ2) is 5.22. The van der Waals surface area contributed by atoms with Crippen molar-refractivity contribution in [1.82, 2.24) is 0 Å². The summed E-state index contributed by atoms with van der Waals surface area (Å²) < 4.78 is 5.72. The monoisotopic (exact) mass is 186 g/mol. The maximum atomic E-state index is 10.3. The third-order valence-corrected chi connectivity index (χ3v) is 2.57. The Hall–Kier alpha value is -0.570. The van der Waals surface area contributed by atoms with E-state index in [1.54, 1.807) is 0 Å². The molecule has 1 aliphatic heterocycles. The summed E-state index contributed by atoms with van der Waals surface area (Å²) in [5.41, 5.74) is 0. The van der Waals surface area contributed by atoms with E-state index in [4.69, 9.17) is 9.84 Å². The summed E-state index contributed by atoms with van der Waals surface area (Å²) in [6.45, 7) is 2.12. The first-order valence-electron chi connectivity index (χ1n) is 5.09. The Morgan fingerprint density at radius 1 is 1.46 bits per heavy atom. The fourth-order valence-electron chi connectivity index (χ4n) is 1.78. The summed E-state index contributed by atoms with van der Waals surface area (Å²) >= 11 is 0. The van der Waals surface area contributed by atoms with Crippen LogP contribution in [0.25, 0.3) is 0 Å². The standard InChI is InChI=1S/C10H18O3/c1-2-8-4-3-5-9(13-8)6-7-10(11)12/h8-9H,2-7H2,1H3,(H,11,12). The minimum atomic E-state index is -0.720. The number of ether oxygens (including phenoxy) is 1. The van der Waals surface area contributed by atoms with Crippen molar-refractivity contribution in [1.29, 1.82) is 0 Å². The molecule has 0 aromatic rings. The highest BCUT2D eigenvalue weighted by Crippen LogP contribution is 2.23. The van der Waals surface area contributed by atoms with Gasteiger partial charge in [-0.05, 0) is 32.1 Å². The van der Waals surface area contributed by atoms with Gasteiger partial charge in [-0.1, -0.05) is 6.92 Å². The van der Waals surface area contributed by atoms with Crippen LogP contribution >= 0.6 is 0 Å². The van der Waals surface area contributed by atoms with E-state index in [1.807, 2.05) is 0 Å². The second-order valence-electron chi connectivity index (χ2n) is 3.65. The van der Waals surface area contributed by atoms with Gasteiger partial charge in [-0.2, -0.15) is 0 Å². The number of hydrogen-bond acceptors (Lipinski definition) is 2. The predicted molar refractivity (Wildman–Crippen MR) is 49.7 cm³/mol. The van der Waals surface area contributed by atoms with Crippen LogP contribution in [-0.2, 0) is 9.53 Å². The lowest BCUT2D eigenvalue weighted by molar-refractivity contribution is -0.138. The molecule has 1 fully saturated rings. The molecule has 1 N–H and O–H groups in total. The predicted octanol–water partition coefficient (Wildman–Crippen LogP) is 2.20. The number of aliphatic carboxylic acids is 1. The van der Waals surface area contributed by atoms with Crippen molar-refractivity contribution in [3.05, 3.63) is 0 Å². The fraction of sp³-hybridized carbons (Fsp3) is 0.900. The van der Waals surface area contributed by atoms with Gasteiger partial charge in [0.25, 0.3) is 0 Å². The highest BCUT2D eigenvalue weighted by Gasteiger charge is 2.21. The van der Waals surface area contributed by atoms with Crippen molar-refractivity contribution in [2.24, 2.45) is 0 Å². The lowest BCUT2D eigenvalue weighted by Gasteiger charge is -2.29. The van der Waals surface area contributed by atoms with E-state index in [2.05, 4.69) is 6.92 Å². The summed E-state index contributed by atoms with van der Waals surface area (Å²) in [6.07, 6.45) is 5.87. The molecular formula is C10H18O3. The highest BCUT2D eigenvalue weighted by molar-refractivity contribution is 5.66. The summed E-state index contributed by atoms with van der Waals surface area (Å²) in [4.78, 5) is 10.3. The van der Waals surface area contributed by atoms with E-state index in [0.29, 0.717) is 12.5 Å². The molecule has 1 aliphatic rings. The zero-order valence-electron chi connectivity index (χ0n) is 8.16. The molecule has 0 aliphatic carbocycles. The Kier molecular flexibility index (Phi) is 4.22. The molecule has 2 unspecified atom stereocenters. The van der Waals surface area contributed by atoms with Gasteiger partial charge in [0.1, 0.15) is 0 Å². The van der Waals surface area contributed by atoms with Crippen molar-refractivity contribution in [3.8, 4) is 0 Å². The third-order valence-electron chi connectivity index (χ3n) is 2.57. The summed E-state index contributed by atoms with van der Waals surface area (Å²) in [5.74, 6) is -0.720. The quantitative estimate of drug-likeness (QED) is 0.732. The lowest BCUT2D eigenvalue weighted by Crippen LogP contribution is -2.27. The van der Waals surface area contributed by atoms with Crippen LogP contribution in [0.2, 0.25) is 0 Å². The van der Waals surface area contributed by atoms with E-state index in [1.165, 1.54) is 6.42 Å². The Morgan fingerprint density at radius 2 is 2.15 bits per heavy atom. The molecular weight excluding hydrogens is 168 g/mol. The van der Waals surface area contributed by atoms with Gasteiger partial charge in [0.2, 0.25) is 0 Å². The molecule has 0 bridgehead atoms. The van der Waals surface area contributed by atoms with E-state index in [0.717, 1.165) is 19.3 Å². The molecule has 76 valence electrons. The fourth-order valence-corrected chi connectivity index (χ4v) is 1.78. The Labute approximate surface area is 79.1 Å². The number of rotatable bonds is 4. The first-order valence-corrected chi connectivity index (χ1v) is 5.09. The molecule has 0 amide bonds. The van der Waals surface area contributed by atoms with Gasteiger partial charge in [0, 0.05) is 6.42 Å². The molecule has 3 heteroatoms. The molecule has 13 heavy (non-hydrogen) atoms. The average molecular weight is 186 g/mol. The molecule has 0 radical (unpaired) electrons. The molecule has 0 aromatic carbocycles. The largest absolute Gasteiger partial charge is 0.481 e. The van der Waals surface area contributed by atoms with Crippen LogP contribution in [0.4, 0.5) is 0 Å². The Morgan fingerprint density at radius 3 is 2.77 bits per heavy atom. The molecule has 1 heterocycles. The molecule has 1 saturated heterocycles. The number of carboxylic acid groups (broad SMARTS) is 1. The van der Waals surface area contributed by atoms with Gasteiger partial charge in [0.15, 0.2) is 0 Å². The Bertz CT molecular complexity index is 168. The minimum absolute atomic E-state index is 0.190. The molecule has 3 nitrogen and oxygen atoms in total. The van der Waals surface area contributed by atoms with Gasteiger partial charge >= 0.3 is 5.97 Å². The van der Waals surface area contributed by atoms with Gasteiger partial charge in [-0.15, -0.1) is 0 Å². The number of hydrogen-bond donors (Lipinski definition) is 1. The summed E-state index contributed by atoms with van der Waals surface area (Å²) in [7, 11) is 0. The van der Waals surface area contributed by atoms with E-state index < -0.39 is 5.97 Å². The maximum Gasteiger partial charge on any atom is 0.303 e. The van der Waals surface area contributed by atoms with E-state index in [9.17, 15) is 4.79 Å².